The van der Waals surface area contributed by atoms with Gasteiger partial charge in [-0.25, -0.2) is 18.2 Å². The Morgan fingerprint density at radius 2 is 2.25 bits per heavy atom. The van der Waals surface area contributed by atoms with Crippen molar-refractivity contribution in [2.75, 3.05) is 36.9 Å². The number of methoxy groups -OCH3 is 1. The molecule has 0 aromatic carbocycles. The van der Waals surface area contributed by atoms with Gasteiger partial charge >= 0.3 is 5.97 Å². The van der Waals surface area contributed by atoms with Crippen LogP contribution in [-0.2, 0) is 14.6 Å². The highest BCUT2D eigenvalue weighted by molar-refractivity contribution is 7.91. The third-order valence-electron chi connectivity index (χ3n) is 3.63. The molecule has 0 spiro atoms. The summed E-state index contributed by atoms with van der Waals surface area (Å²) in [7, 11) is -2.19. The van der Waals surface area contributed by atoms with E-state index in [1.807, 2.05) is 0 Å². The summed E-state index contributed by atoms with van der Waals surface area (Å²) in [6.07, 6.45) is 1.47. The van der Waals surface area contributed by atoms with Crippen LogP contribution in [0.15, 0.2) is 18.3 Å². The van der Waals surface area contributed by atoms with E-state index in [4.69, 9.17) is 0 Å². The average Bonchev–Trinajstić information content (AvgIpc) is 2.75. The normalized spacial score (nSPS) is 17.5. The number of hydrogen-bond acceptors (Lipinski definition) is 9. The van der Waals surface area contributed by atoms with Gasteiger partial charge in [-0.1, -0.05) is 0 Å². The largest absolute Gasteiger partial charge is 0.504 e. The van der Waals surface area contributed by atoms with Gasteiger partial charge in [0, 0.05) is 24.7 Å². The van der Waals surface area contributed by atoms with Crippen LogP contribution in [0.25, 0.3) is 10.9 Å². The summed E-state index contributed by atoms with van der Waals surface area (Å²) in [5.41, 5.74) is -0.134. The summed E-state index contributed by atoms with van der Waals surface area (Å²) >= 11 is 0. The first-order valence-corrected chi connectivity index (χ1v) is 8.97. The molecule has 128 valence electrons. The van der Waals surface area contributed by atoms with Gasteiger partial charge in [0.2, 0.25) is 0 Å². The van der Waals surface area contributed by atoms with E-state index in [1.54, 1.807) is 17.0 Å². The van der Waals surface area contributed by atoms with Gasteiger partial charge in [0.1, 0.15) is 23.1 Å². The van der Waals surface area contributed by atoms with Gasteiger partial charge in [-0.05, 0) is 12.1 Å². The van der Waals surface area contributed by atoms with Crippen molar-refractivity contribution in [3.8, 4) is 5.75 Å². The van der Waals surface area contributed by atoms with Crippen molar-refractivity contribution in [2.45, 2.75) is 0 Å². The Morgan fingerprint density at radius 1 is 1.46 bits per heavy atom. The first-order valence-electron chi connectivity index (χ1n) is 7.15. The van der Waals surface area contributed by atoms with E-state index in [2.05, 4.69) is 20.0 Å². The molecule has 0 bridgehead atoms. The Kier molecular flexibility index (Phi) is 4.24. The number of carbonyl (C=O) groups excluding carboxylic acids is 1. The molecule has 1 saturated heterocycles. The van der Waals surface area contributed by atoms with Crippen LogP contribution < -0.4 is 10.2 Å². The lowest BCUT2D eigenvalue weighted by molar-refractivity contribution is 0.0591. The van der Waals surface area contributed by atoms with E-state index < -0.39 is 21.6 Å². The second-order valence-electron chi connectivity index (χ2n) is 5.30. The fraction of sp³-hybridized carbons (Fsp3) is 0.357. The van der Waals surface area contributed by atoms with Gasteiger partial charge in [-0.15, -0.1) is 0 Å². The number of aromatic hydroxyl groups is 1. The first-order chi connectivity index (χ1) is 11.4. The number of pyridine rings is 2. The van der Waals surface area contributed by atoms with E-state index >= 15 is 0 Å². The van der Waals surface area contributed by atoms with Crippen LogP contribution in [0, 0.1) is 0 Å². The minimum Gasteiger partial charge on any atom is -0.504 e. The number of esters is 1. The summed E-state index contributed by atoms with van der Waals surface area (Å²) < 4.78 is 28.7. The minimum absolute atomic E-state index is 0.123. The molecular weight excluding hydrogens is 336 g/mol. The molecule has 3 heterocycles. The zero-order chi connectivity index (χ0) is 17.3. The molecule has 2 N–H and O–H groups in total. The maximum Gasteiger partial charge on any atom is 0.360 e. The molecule has 24 heavy (non-hydrogen) atoms. The Hall–Kier alpha value is -2.46. The molecular formula is C14H16N4O5S. The third-order valence-corrected chi connectivity index (χ3v) is 4.98. The lowest BCUT2D eigenvalue weighted by Crippen LogP contribution is -2.31. The number of sulfone groups is 1. The third kappa shape index (κ3) is 2.97. The Balaban J connectivity index is 2.22. The molecule has 1 fully saturated rings. The number of hydrogen-bond donors (Lipinski definition) is 2. The molecule has 0 amide bonds. The fourth-order valence-electron chi connectivity index (χ4n) is 2.54. The van der Waals surface area contributed by atoms with Gasteiger partial charge < -0.3 is 20.1 Å². The number of ether oxygens (including phenoxy) is 1. The summed E-state index contributed by atoms with van der Waals surface area (Å²) in [6, 6.07) is 3.31. The number of anilines is 1. The average molecular weight is 352 g/mol. The topological polar surface area (TPSA) is 122 Å². The summed E-state index contributed by atoms with van der Waals surface area (Å²) in [5, 5.41) is 13.5. The lowest BCUT2D eigenvalue weighted by Gasteiger charge is -2.22. The molecule has 3 rings (SSSR count). The van der Waals surface area contributed by atoms with Crippen LogP contribution in [0.4, 0.5) is 5.82 Å². The molecule has 0 unspecified atom stereocenters. The Morgan fingerprint density at radius 3 is 3.00 bits per heavy atom. The highest BCUT2D eigenvalue weighted by Crippen LogP contribution is 2.33. The number of fused-ring (bicyclic) bond motifs is 1. The number of nitrogens with one attached hydrogen (secondary N) is 1. The molecule has 1 aliphatic heterocycles. The maximum atomic E-state index is 12.0. The molecule has 2 aromatic heterocycles. The number of carbonyl (C=O) groups is 1. The Bertz CT molecular complexity index is 899. The molecule has 2 aromatic rings. The highest BCUT2D eigenvalue weighted by Gasteiger charge is 2.27. The molecule has 0 atom stereocenters. The number of aromatic nitrogens is 2. The predicted molar refractivity (Wildman–Crippen MR) is 86.5 cm³/mol. The smallest absolute Gasteiger partial charge is 0.360 e. The van der Waals surface area contributed by atoms with Crippen LogP contribution in [-0.4, -0.2) is 61.4 Å². The molecule has 0 saturated carbocycles. The second-order valence-corrected chi connectivity index (χ2v) is 7.34. The highest BCUT2D eigenvalue weighted by atomic mass is 32.2. The van der Waals surface area contributed by atoms with Gasteiger partial charge in [0.05, 0.1) is 7.11 Å². The molecule has 10 heteroatoms. The molecule has 0 radical (unpaired) electrons. The minimum atomic E-state index is -3.36. The number of nitrogens with zero attached hydrogens (tertiary/aromatic N) is 3. The SMILES string of the molecule is COC(=O)c1nc(N2CCNCS(=O)(=O)C2)c2cccnc2c1O. The lowest BCUT2D eigenvalue weighted by atomic mass is 10.2. The number of rotatable bonds is 2. The molecule has 9 nitrogen and oxygen atoms in total. The van der Waals surface area contributed by atoms with Crippen LogP contribution in [0.5, 0.6) is 5.75 Å². The van der Waals surface area contributed by atoms with Crippen LogP contribution >= 0.6 is 0 Å². The van der Waals surface area contributed by atoms with Crippen molar-refractivity contribution in [3.63, 3.8) is 0 Å². The van der Waals surface area contributed by atoms with E-state index in [1.165, 1.54) is 13.3 Å². The summed E-state index contributed by atoms with van der Waals surface area (Å²) in [4.78, 5) is 21.7. The van der Waals surface area contributed by atoms with Gasteiger partial charge in [-0.2, -0.15) is 0 Å². The molecule has 1 aliphatic rings. The quantitative estimate of drug-likeness (QED) is 0.711. The standard InChI is InChI=1S/C14H16N4O5S/c1-23-14(20)11-12(19)10-9(3-2-4-16-10)13(17-11)18-6-5-15-7-24(21,22)8-18/h2-4,15,19H,5-8H2,1H3. The van der Waals surface area contributed by atoms with E-state index in [0.29, 0.717) is 18.5 Å². The second kappa shape index (κ2) is 6.21. The van der Waals surface area contributed by atoms with Crippen molar-refractivity contribution >= 4 is 32.5 Å². The molecule has 0 aliphatic carbocycles. The van der Waals surface area contributed by atoms with Crippen LogP contribution in [0.1, 0.15) is 10.5 Å². The van der Waals surface area contributed by atoms with Crippen molar-refractivity contribution in [1.82, 2.24) is 15.3 Å². The predicted octanol–water partition coefficient (Wildman–Crippen LogP) is -0.139. The van der Waals surface area contributed by atoms with Gasteiger partial charge in [-0.3, -0.25) is 4.98 Å². The van der Waals surface area contributed by atoms with E-state index in [0.717, 1.165) is 0 Å². The Labute approximate surface area is 138 Å². The van der Waals surface area contributed by atoms with Gasteiger partial charge in [0.15, 0.2) is 21.3 Å². The van der Waals surface area contributed by atoms with E-state index in [9.17, 15) is 18.3 Å². The zero-order valence-electron chi connectivity index (χ0n) is 12.9. The monoisotopic (exact) mass is 352 g/mol. The first kappa shape index (κ1) is 16.4. The summed E-state index contributed by atoms with van der Waals surface area (Å²) in [6.45, 7) is 0.818. The maximum absolute atomic E-state index is 12.0. The van der Waals surface area contributed by atoms with E-state index in [-0.39, 0.29) is 28.8 Å². The van der Waals surface area contributed by atoms with Crippen molar-refractivity contribution in [3.05, 3.63) is 24.0 Å². The summed E-state index contributed by atoms with van der Waals surface area (Å²) in [5.74, 6) is -1.32. The van der Waals surface area contributed by atoms with Crippen LogP contribution in [0.3, 0.4) is 0 Å². The zero-order valence-corrected chi connectivity index (χ0v) is 13.7. The van der Waals surface area contributed by atoms with Crippen molar-refractivity contribution in [1.29, 1.82) is 0 Å². The fourth-order valence-corrected chi connectivity index (χ4v) is 3.81. The van der Waals surface area contributed by atoms with Crippen LogP contribution in [0.2, 0.25) is 0 Å². The van der Waals surface area contributed by atoms with Gasteiger partial charge in [0.25, 0.3) is 0 Å². The van der Waals surface area contributed by atoms with Crippen molar-refractivity contribution < 1.29 is 23.1 Å². The van der Waals surface area contributed by atoms with Crippen molar-refractivity contribution in [2.24, 2.45) is 0 Å².